The molecular weight excluding hydrogens is 284 g/mol. The van der Waals surface area contributed by atoms with Gasteiger partial charge in [-0.2, -0.15) is 0 Å². The molecule has 0 aromatic heterocycles. The molecule has 0 aromatic carbocycles. The van der Waals surface area contributed by atoms with E-state index in [0.29, 0.717) is 25.4 Å². The smallest absolute Gasteiger partial charge is 0.245 e. The molecule has 4 atom stereocenters. The number of carbonyl (C=O) groups excluding carboxylic acids is 2. The fourth-order valence-corrected chi connectivity index (χ4v) is 4.26. The van der Waals surface area contributed by atoms with Gasteiger partial charge < -0.3 is 19.6 Å². The number of aliphatic hydroxyl groups excluding tert-OH is 1. The van der Waals surface area contributed by atoms with Crippen LogP contribution in [0.3, 0.4) is 0 Å². The predicted molar refractivity (Wildman–Crippen MR) is 80.1 cm³/mol. The maximum Gasteiger partial charge on any atom is 0.245 e. The number of amides is 2. The molecule has 6 nitrogen and oxygen atoms in total. The Morgan fingerprint density at radius 1 is 1.27 bits per heavy atom. The highest BCUT2D eigenvalue weighted by molar-refractivity contribution is 5.87. The molecule has 3 fully saturated rings. The lowest BCUT2D eigenvalue weighted by Gasteiger charge is -2.36. The number of ether oxygens (including phenoxy) is 1. The summed E-state index contributed by atoms with van der Waals surface area (Å²) >= 11 is 0. The van der Waals surface area contributed by atoms with E-state index >= 15 is 0 Å². The number of hydrogen-bond acceptors (Lipinski definition) is 4. The minimum atomic E-state index is -0.593. The maximum absolute atomic E-state index is 12.8. The summed E-state index contributed by atoms with van der Waals surface area (Å²) in [6, 6.07) is -0.501. The zero-order chi connectivity index (χ0) is 16.1. The molecule has 2 amide bonds. The molecular formula is C16H26N2O4. The molecule has 0 bridgehead atoms. The first-order chi connectivity index (χ1) is 10.3. The van der Waals surface area contributed by atoms with Crippen molar-refractivity contribution < 1.29 is 19.4 Å². The topological polar surface area (TPSA) is 70.1 Å². The largest absolute Gasteiger partial charge is 0.391 e. The van der Waals surface area contributed by atoms with E-state index in [-0.39, 0.29) is 30.1 Å². The number of aliphatic hydroxyl groups is 1. The second-order valence-electron chi connectivity index (χ2n) is 7.53. The fraction of sp³-hybridized carbons (Fsp3) is 0.875. The van der Waals surface area contributed by atoms with Crippen LogP contribution in [-0.2, 0) is 14.3 Å². The number of rotatable bonds is 1. The number of nitrogens with zero attached hydrogens (tertiary/aromatic N) is 2. The van der Waals surface area contributed by atoms with Crippen LogP contribution in [0.5, 0.6) is 0 Å². The molecule has 3 aliphatic heterocycles. The number of likely N-dealkylation sites (tertiary alicyclic amines) is 2. The molecule has 124 valence electrons. The van der Waals surface area contributed by atoms with Gasteiger partial charge in [-0.05, 0) is 26.7 Å². The standard InChI is InChI=1S/C16H26N2O4/c1-10(19)18-9-12(20)6-13(18)15(21)17-5-4-14-11(8-17)7-16(2,3)22-14/h11-14,20H,4-9H2,1-3H3/t11-,12-,13+,14+/m1/s1. The highest BCUT2D eigenvalue weighted by atomic mass is 16.5. The van der Waals surface area contributed by atoms with Crippen molar-refractivity contribution in [3.63, 3.8) is 0 Å². The SMILES string of the molecule is CC(=O)N1C[C@H](O)C[C@H]1C(=O)N1CC[C@@H]2OC(C)(C)C[C@@H]2C1. The predicted octanol–water partition coefficient (Wildman–Crippen LogP) is 0.384. The van der Waals surface area contributed by atoms with Gasteiger partial charge in [-0.3, -0.25) is 9.59 Å². The average Bonchev–Trinajstić information content (AvgIpc) is 2.95. The molecule has 0 unspecified atom stereocenters. The van der Waals surface area contributed by atoms with Gasteiger partial charge in [0.25, 0.3) is 0 Å². The van der Waals surface area contributed by atoms with E-state index in [2.05, 4.69) is 13.8 Å². The van der Waals surface area contributed by atoms with E-state index in [1.807, 2.05) is 4.90 Å². The van der Waals surface area contributed by atoms with Crippen molar-refractivity contribution in [3.05, 3.63) is 0 Å². The van der Waals surface area contributed by atoms with Crippen LogP contribution in [-0.4, -0.2) is 70.2 Å². The lowest BCUT2D eigenvalue weighted by Crippen LogP contribution is -2.52. The molecule has 0 saturated carbocycles. The Morgan fingerprint density at radius 3 is 2.68 bits per heavy atom. The van der Waals surface area contributed by atoms with Crippen LogP contribution in [0.15, 0.2) is 0 Å². The molecule has 0 aliphatic carbocycles. The number of β-amino-alcohol motifs (C(OH)–C–C–N with tert-alkyl or cyclic N) is 1. The molecule has 3 saturated heterocycles. The Labute approximate surface area is 131 Å². The van der Waals surface area contributed by atoms with E-state index in [4.69, 9.17) is 4.74 Å². The average molecular weight is 310 g/mol. The van der Waals surface area contributed by atoms with Gasteiger partial charge in [0.1, 0.15) is 6.04 Å². The second-order valence-corrected chi connectivity index (χ2v) is 7.53. The van der Waals surface area contributed by atoms with Gasteiger partial charge in [-0.1, -0.05) is 0 Å². The summed E-state index contributed by atoms with van der Waals surface area (Å²) < 4.78 is 6.04. The summed E-state index contributed by atoms with van der Waals surface area (Å²) in [4.78, 5) is 27.8. The summed E-state index contributed by atoms with van der Waals surface area (Å²) in [5.74, 6) is 0.217. The van der Waals surface area contributed by atoms with E-state index in [0.717, 1.165) is 12.8 Å². The number of fused-ring (bicyclic) bond motifs is 1. The van der Waals surface area contributed by atoms with Crippen molar-refractivity contribution >= 4 is 11.8 Å². The summed E-state index contributed by atoms with van der Waals surface area (Å²) in [6.45, 7) is 7.30. The Kier molecular flexibility index (Phi) is 3.93. The third kappa shape index (κ3) is 2.86. The molecule has 0 aromatic rings. The van der Waals surface area contributed by atoms with Gasteiger partial charge in [-0.15, -0.1) is 0 Å². The molecule has 6 heteroatoms. The molecule has 3 heterocycles. The monoisotopic (exact) mass is 310 g/mol. The number of hydrogen-bond donors (Lipinski definition) is 1. The van der Waals surface area contributed by atoms with Crippen LogP contribution in [0.25, 0.3) is 0 Å². The van der Waals surface area contributed by atoms with Gasteiger partial charge in [-0.25, -0.2) is 0 Å². The third-order valence-corrected chi connectivity index (χ3v) is 5.17. The Morgan fingerprint density at radius 2 is 2.00 bits per heavy atom. The van der Waals surface area contributed by atoms with Crippen LogP contribution in [0.4, 0.5) is 0 Å². The van der Waals surface area contributed by atoms with E-state index in [1.54, 1.807) is 0 Å². The zero-order valence-electron chi connectivity index (χ0n) is 13.6. The Bertz CT molecular complexity index is 479. The van der Waals surface area contributed by atoms with Crippen molar-refractivity contribution in [1.29, 1.82) is 0 Å². The fourth-order valence-electron chi connectivity index (χ4n) is 4.26. The first-order valence-corrected chi connectivity index (χ1v) is 8.19. The van der Waals surface area contributed by atoms with Crippen molar-refractivity contribution in [2.24, 2.45) is 5.92 Å². The molecule has 1 N–H and O–H groups in total. The number of piperidine rings is 1. The zero-order valence-corrected chi connectivity index (χ0v) is 13.6. The van der Waals surface area contributed by atoms with Crippen LogP contribution >= 0.6 is 0 Å². The van der Waals surface area contributed by atoms with Crippen LogP contribution < -0.4 is 0 Å². The molecule has 0 radical (unpaired) electrons. The van der Waals surface area contributed by atoms with Crippen LogP contribution in [0, 0.1) is 5.92 Å². The van der Waals surface area contributed by atoms with Gasteiger partial charge in [0.2, 0.25) is 11.8 Å². The summed E-state index contributed by atoms with van der Waals surface area (Å²) in [7, 11) is 0. The van der Waals surface area contributed by atoms with Gasteiger partial charge in [0.05, 0.1) is 17.8 Å². The summed E-state index contributed by atoms with van der Waals surface area (Å²) in [5, 5.41) is 9.80. The molecule has 0 spiro atoms. The minimum absolute atomic E-state index is 0.0186. The second kappa shape index (κ2) is 5.49. The van der Waals surface area contributed by atoms with Crippen molar-refractivity contribution in [2.75, 3.05) is 19.6 Å². The quantitative estimate of drug-likeness (QED) is 0.760. The summed E-state index contributed by atoms with van der Waals surface area (Å²) in [6.07, 6.45) is 1.83. The van der Waals surface area contributed by atoms with Gasteiger partial charge in [0, 0.05) is 38.9 Å². The first-order valence-electron chi connectivity index (χ1n) is 8.19. The minimum Gasteiger partial charge on any atom is -0.391 e. The molecule has 3 aliphatic rings. The third-order valence-electron chi connectivity index (χ3n) is 5.17. The molecule has 22 heavy (non-hydrogen) atoms. The Hall–Kier alpha value is -1.14. The van der Waals surface area contributed by atoms with Crippen LogP contribution in [0.1, 0.15) is 40.0 Å². The van der Waals surface area contributed by atoms with E-state index in [9.17, 15) is 14.7 Å². The van der Waals surface area contributed by atoms with E-state index in [1.165, 1.54) is 11.8 Å². The number of carbonyl (C=O) groups is 2. The van der Waals surface area contributed by atoms with Crippen molar-refractivity contribution in [3.8, 4) is 0 Å². The lowest BCUT2D eigenvalue weighted by molar-refractivity contribution is -0.145. The maximum atomic E-state index is 12.8. The van der Waals surface area contributed by atoms with E-state index < -0.39 is 12.1 Å². The highest BCUT2D eigenvalue weighted by Crippen LogP contribution is 2.39. The Balaban J connectivity index is 1.67. The molecule has 3 rings (SSSR count). The van der Waals surface area contributed by atoms with Gasteiger partial charge >= 0.3 is 0 Å². The van der Waals surface area contributed by atoms with Crippen molar-refractivity contribution in [1.82, 2.24) is 9.80 Å². The highest BCUT2D eigenvalue weighted by Gasteiger charge is 2.46. The normalized spacial score (nSPS) is 37.3. The lowest BCUT2D eigenvalue weighted by atomic mass is 9.89. The summed E-state index contributed by atoms with van der Waals surface area (Å²) in [5.41, 5.74) is -0.108. The van der Waals surface area contributed by atoms with Gasteiger partial charge in [0.15, 0.2) is 0 Å². The van der Waals surface area contributed by atoms with Crippen LogP contribution in [0.2, 0.25) is 0 Å². The van der Waals surface area contributed by atoms with Crippen molar-refractivity contribution in [2.45, 2.75) is 63.9 Å². The first kappa shape index (κ1) is 15.7.